The molecule has 12 heavy (non-hydrogen) atoms. The molecule has 0 aromatic rings. The summed E-state index contributed by atoms with van der Waals surface area (Å²) in [7, 11) is 0. The van der Waals surface area contributed by atoms with Crippen LogP contribution in [0.1, 0.15) is 40.0 Å². The molecule has 1 atom stereocenters. The molecule has 0 spiro atoms. The van der Waals surface area contributed by atoms with Crippen LogP contribution in [0.25, 0.3) is 0 Å². The second-order valence-corrected chi connectivity index (χ2v) is 6.25. The Kier molecular flexibility index (Phi) is 9.01. The number of rotatable bonds is 7. The average Bonchev–Trinajstić information content (AvgIpc) is 1.97. The monoisotopic (exact) mass is 252 g/mol. The van der Waals surface area contributed by atoms with Gasteiger partial charge in [0.05, 0.1) is 0 Å². The molecule has 0 aliphatic carbocycles. The van der Waals surface area contributed by atoms with Gasteiger partial charge in [0.2, 0.25) is 0 Å². The summed E-state index contributed by atoms with van der Waals surface area (Å²) in [6, 6.07) is 0. The lowest BCUT2D eigenvalue weighted by Crippen LogP contribution is -2.03. The fourth-order valence-corrected chi connectivity index (χ4v) is 2.91. The van der Waals surface area contributed by atoms with E-state index in [-0.39, 0.29) is 0 Å². The van der Waals surface area contributed by atoms with Gasteiger partial charge in [0, 0.05) is 4.83 Å². The summed E-state index contributed by atoms with van der Waals surface area (Å²) < 4.78 is 0. The van der Waals surface area contributed by atoms with Gasteiger partial charge in [-0.1, -0.05) is 36.7 Å². The van der Waals surface area contributed by atoms with Crippen LogP contribution in [0.3, 0.4) is 0 Å². The molecule has 0 aliphatic rings. The minimum absolute atomic E-state index is 0.745. The van der Waals surface area contributed by atoms with Crippen molar-refractivity contribution in [3.63, 3.8) is 0 Å². The Bertz CT molecular complexity index is 93.8. The van der Waals surface area contributed by atoms with E-state index in [9.17, 15) is 0 Å². The summed E-state index contributed by atoms with van der Waals surface area (Å²) >= 11 is 5.77. The zero-order chi connectivity index (χ0) is 9.40. The van der Waals surface area contributed by atoms with Crippen molar-refractivity contribution in [2.45, 2.75) is 44.9 Å². The molecule has 0 N–H and O–H groups in total. The van der Waals surface area contributed by atoms with Crippen LogP contribution in [0.4, 0.5) is 0 Å². The van der Waals surface area contributed by atoms with Crippen LogP contribution < -0.4 is 0 Å². The number of alkyl halides is 1. The van der Waals surface area contributed by atoms with Crippen molar-refractivity contribution in [3.8, 4) is 0 Å². The Morgan fingerprint density at radius 2 is 2.00 bits per heavy atom. The highest BCUT2D eigenvalue weighted by Gasteiger charge is 2.05. The first kappa shape index (κ1) is 12.8. The Morgan fingerprint density at radius 3 is 2.50 bits per heavy atom. The Labute approximate surface area is 90.0 Å². The lowest BCUT2D eigenvalue weighted by Gasteiger charge is -2.11. The molecule has 0 aromatic carbocycles. The summed E-state index contributed by atoms with van der Waals surface area (Å²) in [5, 5.41) is 0. The first-order valence-electron chi connectivity index (χ1n) is 4.88. The third-order valence-corrected chi connectivity index (χ3v) is 3.55. The van der Waals surface area contributed by atoms with E-state index < -0.39 is 0 Å². The summed E-state index contributed by atoms with van der Waals surface area (Å²) in [5.41, 5.74) is 0. The van der Waals surface area contributed by atoms with Crippen LogP contribution in [0.5, 0.6) is 0 Å². The van der Waals surface area contributed by atoms with Crippen molar-refractivity contribution in [2.75, 3.05) is 11.5 Å². The molecule has 1 unspecified atom stereocenters. The van der Waals surface area contributed by atoms with Gasteiger partial charge < -0.3 is 0 Å². The van der Waals surface area contributed by atoms with E-state index in [0.717, 1.165) is 10.7 Å². The molecule has 0 heterocycles. The van der Waals surface area contributed by atoms with Crippen molar-refractivity contribution in [1.29, 1.82) is 0 Å². The van der Waals surface area contributed by atoms with E-state index in [2.05, 4.69) is 36.7 Å². The number of hydrogen-bond acceptors (Lipinski definition) is 1. The predicted molar refractivity (Wildman–Crippen MR) is 64.4 cm³/mol. The highest BCUT2D eigenvalue weighted by atomic mass is 79.9. The summed E-state index contributed by atoms with van der Waals surface area (Å²) in [6.45, 7) is 6.80. The maximum Gasteiger partial charge on any atom is 0.0148 e. The molecule has 0 bridgehead atoms. The van der Waals surface area contributed by atoms with Gasteiger partial charge in [0.15, 0.2) is 0 Å². The van der Waals surface area contributed by atoms with Crippen molar-refractivity contribution in [2.24, 2.45) is 5.92 Å². The minimum Gasteiger partial charge on any atom is -0.162 e. The van der Waals surface area contributed by atoms with Crippen LogP contribution in [0.2, 0.25) is 0 Å². The molecule has 0 aliphatic heterocycles. The van der Waals surface area contributed by atoms with Crippen LogP contribution in [-0.4, -0.2) is 16.3 Å². The quantitative estimate of drug-likeness (QED) is 0.480. The fourth-order valence-electron chi connectivity index (χ4n) is 1.18. The second kappa shape index (κ2) is 8.43. The molecule has 0 fully saturated rings. The maximum atomic E-state index is 3.72. The lowest BCUT2D eigenvalue weighted by atomic mass is 10.1. The van der Waals surface area contributed by atoms with Crippen LogP contribution in [0, 0.1) is 5.92 Å². The van der Waals surface area contributed by atoms with Gasteiger partial charge in [-0.3, -0.25) is 0 Å². The van der Waals surface area contributed by atoms with Gasteiger partial charge in [-0.05, 0) is 36.7 Å². The Hall–Kier alpha value is 0.830. The lowest BCUT2D eigenvalue weighted by molar-refractivity contribution is 0.552. The fraction of sp³-hybridized carbons (Fsp3) is 1.00. The van der Waals surface area contributed by atoms with Crippen molar-refractivity contribution < 1.29 is 0 Å². The normalized spacial score (nSPS) is 13.8. The van der Waals surface area contributed by atoms with Gasteiger partial charge in [0.25, 0.3) is 0 Å². The predicted octanol–water partition coefficient (Wildman–Crippen LogP) is 4.33. The number of hydrogen-bond donors (Lipinski definition) is 0. The van der Waals surface area contributed by atoms with Gasteiger partial charge in [-0.25, -0.2) is 0 Å². The summed E-state index contributed by atoms with van der Waals surface area (Å²) in [5.74, 6) is 3.42. The molecule has 0 aromatic heterocycles. The van der Waals surface area contributed by atoms with E-state index in [0.29, 0.717) is 0 Å². The van der Waals surface area contributed by atoms with Crippen molar-refractivity contribution in [3.05, 3.63) is 0 Å². The van der Waals surface area contributed by atoms with Crippen molar-refractivity contribution >= 4 is 27.7 Å². The summed E-state index contributed by atoms with van der Waals surface area (Å²) in [4.78, 5) is 0.745. The Morgan fingerprint density at radius 1 is 1.33 bits per heavy atom. The highest BCUT2D eigenvalue weighted by Crippen LogP contribution is 2.18. The van der Waals surface area contributed by atoms with Crippen molar-refractivity contribution in [1.82, 2.24) is 0 Å². The highest BCUT2D eigenvalue weighted by molar-refractivity contribution is 9.09. The first-order chi connectivity index (χ1) is 5.66. The molecule has 74 valence electrons. The molecule has 0 amide bonds. The van der Waals surface area contributed by atoms with Gasteiger partial charge in [-0.15, -0.1) is 0 Å². The van der Waals surface area contributed by atoms with Crippen LogP contribution >= 0.6 is 27.7 Å². The zero-order valence-electron chi connectivity index (χ0n) is 8.48. The smallest absolute Gasteiger partial charge is 0.0148 e. The molecule has 2 heteroatoms. The molecule has 0 saturated heterocycles. The van der Waals surface area contributed by atoms with Gasteiger partial charge in [-0.2, -0.15) is 11.8 Å². The minimum atomic E-state index is 0.745. The standard InChI is InChI=1S/C10H21BrS/c1-4-12-7-5-6-10(11)8-9(2)3/h9-10H,4-8H2,1-3H3. The Balaban J connectivity index is 3.14. The second-order valence-electron chi connectivity index (χ2n) is 3.57. The van der Waals surface area contributed by atoms with E-state index in [1.165, 1.54) is 30.8 Å². The maximum absolute atomic E-state index is 3.72. The molecular formula is C10H21BrS. The number of halogens is 1. The molecular weight excluding hydrogens is 232 g/mol. The zero-order valence-corrected chi connectivity index (χ0v) is 10.9. The SMILES string of the molecule is CCSCCCC(Br)CC(C)C. The van der Waals surface area contributed by atoms with E-state index in [4.69, 9.17) is 0 Å². The third-order valence-electron chi connectivity index (χ3n) is 1.74. The molecule has 0 nitrogen and oxygen atoms in total. The molecule has 0 radical (unpaired) electrons. The summed E-state index contributed by atoms with van der Waals surface area (Å²) in [6.07, 6.45) is 4.02. The largest absolute Gasteiger partial charge is 0.162 e. The van der Waals surface area contributed by atoms with Crippen LogP contribution in [-0.2, 0) is 0 Å². The molecule has 0 rings (SSSR count). The average molecular weight is 253 g/mol. The third kappa shape index (κ3) is 8.92. The van der Waals surface area contributed by atoms with E-state index in [1.807, 2.05) is 11.8 Å². The van der Waals surface area contributed by atoms with E-state index in [1.54, 1.807) is 0 Å². The van der Waals surface area contributed by atoms with E-state index >= 15 is 0 Å². The topological polar surface area (TPSA) is 0 Å². The van der Waals surface area contributed by atoms with Gasteiger partial charge >= 0.3 is 0 Å². The van der Waals surface area contributed by atoms with Gasteiger partial charge in [0.1, 0.15) is 0 Å². The number of thioether (sulfide) groups is 1. The molecule has 0 saturated carbocycles. The first-order valence-corrected chi connectivity index (χ1v) is 6.95. The van der Waals surface area contributed by atoms with Crippen LogP contribution in [0.15, 0.2) is 0 Å².